The van der Waals surface area contributed by atoms with Crippen LogP contribution in [0.3, 0.4) is 0 Å². The van der Waals surface area contributed by atoms with Gasteiger partial charge in [0.1, 0.15) is 6.54 Å². The second-order valence-electron chi connectivity index (χ2n) is 7.05. The first-order valence-electron chi connectivity index (χ1n) is 8.96. The van der Waals surface area contributed by atoms with Crippen molar-refractivity contribution >= 4 is 45.0 Å². The van der Waals surface area contributed by atoms with Crippen molar-refractivity contribution in [3.8, 4) is 0 Å². The summed E-state index contributed by atoms with van der Waals surface area (Å²) in [6.45, 7) is 3.64. The van der Waals surface area contributed by atoms with Gasteiger partial charge in [0.25, 0.3) is 0 Å². The fourth-order valence-electron chi connectivity index (χ4n) is 2.93. The molecule has 0 spiro atoms. The lowest BCUT2D eigenvalue weighted by atomic mass is 10.1. The summed E-state index contributed by atoms with van der Waals surface area (Å²) in [6.07, 6.45) is 0. The Kier molecular flexibility index (Phi) is 6.02. The molecule has 0 radical (unpaired) electrons. The maximum absolute atomic E-state index is 12.7. The average molecular weight is 434 g/mol. The van der Waals surface area contributed by atoms with Crippen LogP contribution in [0.2, 0.25) is 0 Å². The molecule has 2 amide bonds. The number of aryl methyl sites for hydroxylation is 2. The number of sulfonamides is 1. The predicted molar refractivity (Wildman–Crippen MR) is 115 cm³/mol. The van der Waals surface area contributed by atoms with Gasteiger partial charge in [-0.1, -0.05) is 12.1 Å². The lowest BCUT2D eigenvalue weighted by Crippen LogP contribution is -2.41. The molecule has 9 heteroatoms. The van der Waals surface area contributed by atoms with E-state index < -0.39 is 10.0 Å². The van der Waals surface area contributed by atoms with E-state index in [-0.39, 0.29) is 29.0 Å². The van der Waals surface area contributed by atoms with Crippen molar-refractivity contribution in [1.29, 1.82) is 0 Å². The lowest BCUT2D eigenvalue weighted by molar-refractivity contribution is -0.120. The van der Waals surface area contributed by atoms with Crippen molar-refractivity contribution in [3.05, 3.63) is 47.5 Å². The van der Waals surface area contributed by atoms with Crippen LogP contribution in [0.1, 0.15) is 11.1 Å². The molecular weight excluding hydrogens is 410 g/mol. The highest BCUT2D eigenvalue weighted by atomic mass is 32.2. The molecule has 0 fully saturated rings. The zero-order chi connectivity index (χ0) is 21.3. The molecule has 154 valence electrons. The van der Waals surface area contributed by atoms with E-state index in [1.807, 2.05) is 32.0 Å². The Balaban J connectivity index is 1.90. The molecule has 1 N–H and O–H groups in total. The van der Waals surface area contributed by atoms with Crippen molar-refractivity contribution in [2.75, 3.05) is 36.6 Å². The summed E-state index contributed by atoms with van der Waals surface area (Å²) in [4.78, 5) is 27.4. The number of benzene rings is 2. The highest BCUT2D eigenvalue weighted by Gasteiger charge is 2.29. The molecule has 0 bridgehead atoms. The number of thioether (sulfide) groups is 1. The predicted octanol–water partition coefficient (Wildman–Crippen LogP) is 2.63. The number of amides is 2. The van der Waals surface area contributed by atoms with E-state index in [4.69, 9.17) is 0 Å². The van der Waals surface area contributed by atoms with Gasteiger partial charge in [-0.3, -0.25) is 9.59 Å². The fraction of sp³-hybridized carbons (Fsp3) is 0.300. The van der Waals surface area contributed by atoms with Crippen molar-refractivity contribution in [1.82, 2.24) is 4.31 Å². The molecule has 1 aliphatic rings. The molecule has 0 aromatic heterocycles. The Morgan fingerprint density at radius 1 is 1.17 bits per heavy atom. The van der Waals surface area contributed by atoms with Crippen LogP contribution in [0.4, 0.5) is 11.4 Å². The van der Waals surface area contributed by atoms with Gasteiger partial charge in [0.15, 0.2) is 0 Å². The standard InChI is InChI=1S/C20H23N3O4S2/c1-13-5-6-14(2)16(9-13)21-19(24)11-23-17-10-15(29(26,27)22(3)4)7-8-18(17)28-12-20(23)25/h5-10H,11-12H2,1-4H3,(H,21,24). The highest BCUT2D eigenvalue weighted by Crippen LogP contribution is 2.37. The lowest BCUT2D eigenvalue weighted by Gasteiger charge is -2.29. The molecule has 0 saturated carbocycles. The maximum atomic E-state index is 12.7. The van der Waals surface area contributed by atoms with E-state index in [2.05, 4.69) is 5.32 Å². The van der Waals surface area contributed by atoms with Crippen LogP contribution in [0.15, 0.2) is 46.2 Å². The third kappa shape index (κ3) is 4.47. The first-order valence-corrected chi connectivity index (χ1v) is 11.4. The second-order valence-corrected chi connectivity index (χ2v) is 10.2. The smallest absolute Gasteiger partial charge is 0.244 e. The quantitative estimate of drug-likeness (QED) is 0.783. The molecular formula is C20H23N3O4S2. The Bertz CT molecular complexity index is 1080. The van der Waals surface area contributed by atoms with Crippen molar-refractivity contribution in [2.24, 2.45) is 0 Å². The van der Waals surface area contributed by atoms with Crippen LogP contribution in [0.25, 0.3) is 0 Å². The van der Waals surface area contributed by atoms with Crippen molar-refractivity contribution < 1.29 is 18.0 Å². The van der Waals surface area contributed by atoms with Gasteiger partial charge in [-0.15, -0.1) is 11.8 Å². The van der Waals surface area contributed by atoms with Gasteiger partial charge in [0.05, 0.1) is 16.3 Å². The molecule has 7 nitrogen and oxygen atoms in total. The zero-order valence-electron chi connectivity index (χ0n) is 16.7. The summed E-state index contributed by atoms with van der Waals surface area (Å²) in [5.41, 5.74) is 3.06. The Morgan fingerprint density at radius 3 is 2.59 bits per heavy atom. The van der Waals surface area contributed by atoms with Gasteiger partial charge in [0.2, 0.25) is 21.8 Å². The van der Waals surface area contributed by atoms with E-state index in [9.17, 15) is 18.0 Å². The zero-order valence-corrected chi connectivity index (χ0v) is 18.4. The molecule has 0 unspecified atom stereocenters. The minimum atomic E-state index is -3.65. The van der Waals surface area contributed by atoms with E-state index in [0.29, 0.717) is 11.4 Å². The molecule has 1 aliphatic heterocycles. The Hall–Kier alpha value is -2.36. The van der Waals surface area contributed by atoms with Gasteiger partial charge >= 0.3 is 0 Å². The highest BCUT2D eigenvalue weighted by molar-refractivity contribution is 8.00. The topological polar surface area (TPSA) is 86.8 Å². The van der Waals surface area contributed by atoms with E-state index >= 15 is 0 Å². The average Bonchev–Trinajstić information content (AvgIpc) is 2.66. The third-order valence-electron chi connectivity index (χ3n) is 4.62. The third-order valence-corrected chi connectivity index (χ3v) is 7.48. The van der Waals surface area contributed by atoms with Gasteiger partial charge in [-0.25, -0.2) is 12.7 Å². The minimum Gasteiger partial charge on any atom is -0.324 e. The number of fused-ring (bicyclic) bond motifs is 1. The minimum absolute atomic E-state index is 0.0801. The first-order chi connectivity index (χ1) is 13.6. The summed E-state index contributed by atoms with van der Waals surface area (Å²) in [6, 6.07) is 10.4. The van der Waals surface area contributed by atoms with Crippen LogP contribution < -0.4 is 10.2 Å². The van der Waals surface area contributed by atoms with E-state index in [0.717, 1.165) is 20.3 Å². The SMILES string of the molecule is Cc1ccc(C)c(NC(=O)CN2C(=O)CSc3ccc(S(=O)(=O)N(C)C)cc32)c1. The summed E-state index contributed by atoms with van der Waals surface area (Å²) in [5, 5.41) is 2.85. The summed E-state index contributed by atoms with van der Waals surface area (Å²) >= 11 is 1.33. The Labute approximate surface area is 175 Å². The van der Waals surface area contributed by atoms with Gasteiger partial charge in [-0.05, 0) is 49.2 Å². The van der Waals surface area contributed by atoms with Crippen LogP contribution >= 0.6 is 11.8 Å². The molecule has 1 heterocycles. The van der Waals surface area contributed by atoms with Crippen molar-refractivity contribution in [3.63, 3.8) is 0 Å². The van der Waals surface area contributed by atoms with Crippen LogP contribution in [0.5, 0.6) is 0 Å². The molecule has 0 aliphatic carbocycles. The monoisotopic (exact) mass is 433 g/mol. The van der Waals surface area contributed by atoms with Crippen LogP contribution in [-0.4, -0.2) is 50.9 Å². The summed E-state index contributed by atoms with van der Waals surface area (Å²) < 4.78 is 26.1. The van der Waals surface area contributed by atoms with Gasteiger partial charge < -0.3 is 10.2 Å². The first kappa shape index (κ1) is 21.4. The van der Waals surface area contributed by atoms with Gasteiger partial charge in [-0.2, -0.15) is 0 Å². The fourth-order valence-corrected chi connectivity index (χ4v) is 4.77. The number of nitrogens with one attached hydrogen (secondary N) is 1. The number of hydrogen-bond acceptors (Lipinski definition) is 5. The van der Waals surface area contributed by atoms with Gasteiger partial charge in [0, 0.05) is 24.7 Å². The molecule has 0 atom stereocenters. The normalized spacial score (nSPS) is 14.1. The molecule has 0 saturated heterocycles. The van der Waals surface area contributed by atoms with Crippen molar-refractivity contribution in [2.45, 2.75) is 23.6 Å². The number of rotatable bonds is 5. The molecule has 29 heavy (non-hydrogen) atoms. The maximum Gasteiger partial charge on any atom is 0.244 e. The second kappa shape index (κ2) is 8.17. The number of carbonyl (C=O) groups is 2. The number of hydrogen-bond donors (Lipinski definition) is 1. The molecule has 2 aromatic carbocycles. The molecule has 3 rings (SSSR count). The number of nitrogens with zero attached hydrogens (tertiary/aromatic N) is 2. The van der Waals surface area contributed by atoms with E-state index in [1.165, 1.54) is 42.9 Å². The van der Waals surface area contributed by atoms with Crippen LogP contribution in [0, 0.1) is 13.8 Å². The summed E-state index contributed by atoms with van der Waals surface area (Å²) in [5.74, 6) is -0.382. The number of anilines is 2. The molecule has 2 aromatic rings. The van der Waals surface area contributed by atoms with Crippen LogP contribution in [-0.2, 0) is 19.6 Å². The summed E-state index contributed by atoms with van der Waals surface area (Å²) in [7, 11) is -0.756. The van der Waals surface area contributed by atoms with E-state index in [1.54, 1.807) is 6.07 Å². The number of carbonyl (C=O) groups excluding carboxylic acids is 2. The largest absolute Gasteiger partial charge is 0.324 e. The Morgan fingerprint density at radius 2 is 1.90 bits per heavy atom.